The standard InChI is InChI=1S/C11H14ClN3O3/c12-10-6-5-9(15(17)18)11(14-10)13-7-1-3-8(16)4-2-7/h5-8,16H,1-4H2,(H,13,14). The molecule has 0 saturated heterocycles. The summed E-state index contributed by atoms with van der Waals surface area (Å²) in [5, 5.41) is 23.5. The molecular weight excluding hydrogens is 258 g/mol. The van der Waals surface area contributed by atoms with Gasteiger partial charge in [0.2, 0.25) is 5.82 Å². The molecule has 0 aliphatic heterocycles. The van der Waals surface area contributed by atoms with Crippen LogP contribution in [0.5, 0.6) is 0 Å². The number of aliphatic hydroxyl groups is 1. The van der Waals surface area contributed by atoms with E-state index in [1.165, 1.54) is 12.1 Å². The maximum atomic E-state index is 10.9. The van der Waals surface area contributed by atoms with Gasteiger partial charge in [0.25, 0.3) is 0 Å². The van der Waals surface area contributed by atoms with Gasteiger partial charge < -0.3 is 10.4 Å². The second-order valence-electron chi connectivity index (χ2n) is 4.41. The van der Waals surface area contributed by atoms with Gasteiger partial charge in [-0.1, -0.05) is 11.6 Å². The summed E-state index contributed by atoms with van der Waals surface area (Å²) in [6.45, 7) is 0. The van der Waals surface area contributed by atoms with Crippen molar-refractivity contribution in [3.63, 3.8) is 0 Å². The number of pyridine rings is 1. The lowest BCUT2D eigenvalue weighted by atomic mass is 9.93. The monoisotopic (exact) mass is 271 g/mol. The van der Waals surface area contributed by atoms with Crippen molar-refractivity contribution in [1.82, 2.24) is 4.98 Å². The van der Waals surface area contributed by atoms with Gasteiger partial charge in [-0.25, -0.2) is 4.98 Å². The van der Waals surface area contributed by atoms with Gasteiger partial charge in [0.05, 0.1) is 11.0 Å². The number of nitro groups is 1. The van der Waals surface area contributed by atoms with E-state index in [0.717, 1.165) is 12.8 Å². The molecule has 1 aliphatic rings. The summed E-state index contributed by atoms with van der Waals surface area (Å²) in [5.41, 5.74) is -0.0782. The number of anilines is 1. The van der Waals surface area contributed by atoms with E-state index in [1.807, 2.05) is 0 Å². The zero-order valence-corrected chi connectivity index (χ0v) is 10.4. The Morgan fingerprint density at radius 2 is 2.06 bits per heavy atom. The van der Waals surface area contributed by atoms with Crippen LogP contribution in [0.15, 0.2) is 12.1 Å². The first kappa shape index (κ1) is 13.0. The number of hydrogen-bond donors (Lipinski definition) is 2. The van der Waals surface area contributed by atoms with E-state index in [9.17, 15) is 15.2 Å². The molecule has 0 aromatic carbocycles. The third-order valence-electron chi connectivity index (χ3n) is 3.07. The Balaban J connectivity index is 2.12. The summed E-state index contributed by atoms with van der Waals surface area (Å²) in [7, 11) is 0. The minimum absolute atomic E-state index is 0.0782. The lowest BCUT2D eigenvalue weighted by Gasteiger charge is -2.26. The van der Waals surface area contributed by atoms with Crippen LogP contribution in [-0.2, 0) is 0 Å². The number of hydrogen-bond acceptors (Lipinski definition) is 5. The zero-order valence-electron chi connectivity index (χ0n) is 9.67. The molecule has 0 unspecified atom stereocenters. The first-order valence-electron chi connectivity index (χ1n) is 5.82. The SMILES string of the molecule is O=[N+]([O-])c1ccc(Cl)nc1NC1CCC(O)CC1. The van der Waals surface area contributed by atoms with Crippen molar-refractivity contribution in [2.24, 2.45) is 0 Å². The molecule has 2 rings (SSSR count). The molecule has 0 bridgehead atoms. The third kappa shape index (κ3) is 3.08. The second-order valence-corrected chi connectivity index (χ2v) is 4.80. The number of aliphatic hydroxyl groups excluding tert-OH is 1. The molecule has 0 atom stereocenters. The fraction of sp³-hybridized carbons (Fsp3) is 0.545. The van der Waals surface area contributed by atoms with Crippen LogP contribution >= 0.6 is 11.6 Å². The van der Waals surface area contributed by atoms with Gasteiger partial charge in [0.15, 0.2) is 0 Å². The van der Waals surface area contributed by atoms with Crippen molar-refractivity contribution in [3.8, 4) is 0 Å². The summed E-state index contributed by atoms with van der Waals surface area (Å²) in [5.74, 6) is 0.203. The lowest BCUT2D eigenvalue weighted by molar-refractivity contribution is -0.384. The van der Waals surface area contributed by atoms with Crippen LogP contribution in [0.3, 0.4) is 0 Å². The summed E-state index contributed by atoms with van der Waals surface area (Å²) in [4.78, 5) is 14.3. The summed E-state index contributed by atoms with van der Waals surface area (Å²) >= 11 is 5.75. The van der Waals surface area contributed by atoms with E-state index < -0.39 is 4.92 Å². The Bertz CT molecular complexity index is 447. The smallest absolute Gasteiger partial charge is 0.311 e. The molecule has 18 heavy (non-hydrogen) atoms. The Hall–Kier alpha value is -1.40. The normalized spacial score (nSPS) is 23.7. The van der Waals surface area contributed by atoms with E-state index in [-0.39, 0.29) is 28.8 Å². The third-order valence-corrected chi connectivity index (χ3v) is 3.28. The van der Waals surface area contributed by atoms with Crippen LogP contribution in [-0.4, -0.2) is 27.2 Å². The Morgan fingerprint density at radius 1 is 1.39 bits per heavy atom. The molecule has 1 aromatic rings. The first-order chi connectivity index (χ1) is 8.56. The molecule has 7 heteroatoms. The molecule has 0 radical (unpaired) electrons. The molecule has 1 fully saturated rings. The van der Waals surface area contributed by atoms with Crippen molar-refractivity contribution < 1.29 is 10.0 Å². The Labute approximate surface area is 109 Å². The number of halogens is 1. The number of nitrogens with zero attached hydrogens (tertiary/aromatic N) is 2. The number of nitrogens with one attached hydrogen (secondary N) is 1. The molecule has 1 aliphatic carbocycles. The first-order valence-corrected chi connectivity index (χ1v) is 6.19. The molecule has 98 valence electrons. The summed E-state index contributed by atoms with van der Waals surface area (Å²) < 4.78 is 0. The van der Waals surface area contributed by atoms with Gasteiger partial charge in [-0.05, 0) is 31.7 Å². The van der Waals surface area contributed by atoms with Crippen molar-refractivity contribution in [2.45, 2.75) is 37.8 Å². The average Bonchev–Trinajstić information content (AvgIpc) is 2.32. The fourth-order valence-electron chi connectivity index (χ4n) is 2.10. The van der Waals surface area contributed by atoms with Crippen molar-refractivity contribution in [3.05, 3.63) is 27.4 Å². The maximum absolute atomic E-state index is 10.9. The molecular formula is C11H14ClN3O3. The molecule has 1 heterocycles. The van der Waals surface area contributed by atoms with Crippen LogP contribution in [0.2, 0.25) is 5.15 Å². The van der Waals surface area contributed by atoms with Gasteiger partial charge >= 0.3 is 5.69 Å². The van der Waals surface area contributed by atoms with E-state index in [1.54, 1.807) is 0 Å². The van der Waals surface area contributed by atoms with E-state index >= 15 is 0 Å². The Kier molecular flexibility index (Phi) is 3.98. The predicted molar refractivity (Wildman–Crippen MR) is 67.8 cm³/mol. The average molecular weight is 272 g/mol. The van der Waals surface area contributed by atoms with Crippen LogP contribution in [0.4, 0.5) is 11.5 Å². The van der Waals surface area contributed by atoms with Crippen LogP contribution in [0, 0.1) is 10.1 Å². The Morgan fingerprint density at radius 3 is 2.67 bits per heavy atom. The van der Waals surface area contributed by atoms with Crippen molar-refractivity contribution >= 4 is 23.1 Å². The number of rotatable bonds is 3. The molecule has 0 spiro atoms. The molecule has 2 N–H and O–H groups in total. The molecule has 1 saturated carbocycles. The topological polar surface area (TPSA) is 88.3 Å². The zero-order chi connectivity index (χ0) is 13.1. The summed E-state index contributed by atoms with van der Waals surface area (Å²) in [6, 6.07) is 2.84. The summed E-state index contributed by atoms with van der Waals surface area (Å²) in [6.07, 6.45) is 2.68. The fourth-order valence-corrected chi connectivity index (χ4v) is 2.24. The molecule has 0 amide bonds. The van der Waals surface area contributed by atoms with Crippen LogP contribution in [0.25, 0.3) is 0 Å². The van der Waals surface area contributed by atoms with E-state index in [4.69, 9.17) is 11.6 Å². The highest BCUT2D eigenvalue weighted by Crippen LogP contribution is 2.28. The van der Waals surface area contributed by atoms with Gasteiger partial charge in [-0.3, -0.25) is 10.1 Å². The van der Waals surface area contributed by atoms with Crippen molar-refractivity contribution in [2.75, 3.05) is 5.32 Å². The predicted octanol–water partition coefficient (Wildman–Crippen LogP) is 2.36. The highest BCUT2D eigenvalue weighted by Gasteiger charge is 2.23. The molecule has 6 nitrogen and oxygen atoms in total. The van der Waals surface area contributed by atoms with Gasteiger partial charge in [-0.2, -0.15) is 0 Å². The van der Waals surface area contributed by atoms with Crippen LogP contribution in [0.1, 0.15) is 25.7 Å². The highest BCUT2D eigenvalue weighted by atomic mass is 35.5. The minimum atomic E-state index is -0.483. The largest absolute Gasteiger partial charge is 0.393 e. The lowest BCUT2D eigenvalue weighted by Crippen LogP contribution is -2.28. The van der Waals surface area contributed by atoms with Gasteiger partial charge in [-0.15, -0.1) is 0 Å². The number of aromatic nitrogens is 1. The van der Waals surface area contributed by atoms with E-state index in [2.05, 4.69) is 10.3 Å². The van der Waals surface area contributed by atoms with Crippen molar-refractivity contribution in [1.29, 1.82) is 0 Å². The quantitative estimate of drug-likeness (QED) is 0.500. The van der Waals surface area contributed by atoms with Crippen LogP contribution < -0.4 is 5.32 Å². The van der Waals surface area contributed by atoms with E-state index in [0.29, 0.717) is 12.8 Å². The minimum Gasteiger partial charge on any atom is -0.393 e. The highest BCUT2D eigenvalue weighted by molar-refractivity contribution is 6.29. The maximum Gasteiger partial charge on any atom is 0.311 e. The van der Waals surface area contributed by atoms with Gasteiger partial charge in [0.1, 0.15) is 5.15 Å². The van der Waals surface area contributed by atoms with Gasteiger partial charge in [0, 0.05) is 12.1 Å². The second kappa shape index (κ2) is 5.49. The molecule has 1 aromatic heterocycles.